The normalized spacial score (nSPS) is 18.8. The van der Waals surface area contributed by atoms with Gasteiger partial charge < -0.3 is 14.7 Å². The van der Waals surface area contributed by atoms with E-state index in [1.54, 1.807) is 23.5 Å². The van der Waals surface area contributed by atoms with E-state index in [0.29, 0.717) is 17.6 Å². The number of nitrogens with zero attached hydrogens (tertiary/aromatic N) is 1. The van der Waals surface area contributed by atoms with E-state index in [1.165, 1.54) is 6.07 Å². The lowest BCUT2D eigenvalue weighted by Gasteiger charge is -2.29. The second-order valence-corrected chi connectivity index (χ2v) is 8.93. The molecule has 8 heteroatoms. The Morgan fingerprint density at radius 2 is 1.75 bits per heavy atom. The van der Waals surface area contributed by atoms with E-state index in [2.05, 4.69) is 9.97 Å². The van der Waals surface area contributed by atoms with Crippen LogP contribution in [0.25, 0.3) is 11.0 Å². The van der Waals surface area contributed by atoms with Crippen LogP contribution in [0.1, 0.15) is 37.3 Å². The Morgan fingerprint density at radius 3 is 2.50 bits per heavy atom. The lowest BCUT2D eigenvalue weighted by atomic mass is 10.0. The average Bonchev–Trinajstić information content (AvgIpc) is 2.90. The zero-order valence-corrected chi connectivity index (χ0v) is 16.5. The maximum absolute atomic E-state index is 13.5. The number of benzene rings is 2. The molecule has 2 N–H and O–H groups in total. The van der Waals surface area contributed by atoms with Gasteiger partial charge in [0.25, 0.3) is 0 Å². The molecule has 28 heavy (non-hydrogen) atoms. The van der Waals surface area contributed by atoms with Crippen molar-refractivity contribution in [2.45, 2.75) is 36.6 Å². The van der Waals surface area contributed by atoms with E-state index in [1.807, 2.05) is 24.3 Å². The van der Waals surface area contributed by atoms with Crippen molar-refractivity contribution in [2.75, 3.05) is 13.7 Å². The lowest BCUT2D eigenvalue weighted by Crippen LogP contribution is -2.34. The largest absolute Gasteiger partial charge is 0.497 e. The Hall–Kier alpha value is -2.58. The van der Waals surface area contributed by atoms with Gasteiger partial charge in [-0.05, 0) is 48.7 Å². The molecule has 3 aromatic rings. The van der Waals surface area contributed by atoms with Gasteiger partial charge in [-0.15, -0.1) is 0 Å². The molecule has 1 fully saturated rings. The first kappa shape index (κ1) is 18.8. The van der Waals surface area contributed by atoms with Crippen LogP contribution in [0, 0.1) is 0 Å². The number of hydrogen-bond donors (Lipinski definition) is 2. The van der Waals surface area contributed by atoms with E-state index < -0.39 is 10.0 Å². The second kappa shape index (κ2) is 7.44. The van der Waals surface area contributed by atoms with E-state index in [-0.39, 0.29) is 16.6 Å². The predicted molar refractivity (Wildman–Crippen MR) is 107 cm³/mol. The lowest BCUT2D eigenvalue weighted by molar-refractivity contribution is 0.328. The van der Waals surface area contributed by atoms with Gasteiger partial charge in [-0.1, -0.05) is 25.0 Å². The van der Waals surface area contributed by atoms with Gasteiger partial charge in [-0.3, -0.25) is 0 Å². The van der Waals surface area contributed by atoms with Gasteiger partial charge in [0, 0.05) is 6.54 Å². The molecule has 7 nitrogen and oxygen atoms in total. The highest BCUT2D eigenvalue weighted by molar-refractivity contribution is 7.89. The molecule has 2 heterocycles. The van der Waals surface area contributed by atoms with E-state index >= 15 is 0 Å². The molecule has 0 bridgehead atoms. The molecule has 4 rings (SSSR count). The summed E-state index contributed by atoms with van der Waals surface area (Å²) in [5.74, 6) is 0.744. The fraction of sp³-hybridized carbons (Fsp3) is 0.350. The standard InChI is InChI=1S/C20H23N3O4S/c1-27-15-8-6-14(7-9-15)19-5-3-2-4-12-23(19)28(25,26)16-10-11-17-18(13-16)22-20(24)21-17/h6-11,13,19H,2-5,12H2,1H3,(H2,21,22,24)/t19-/m1/s1. The summed E-state index contributed by atoms with van der Waals surface area (Å²) in [4.78, 5) is 17.0. The molecular formula is C20H23N3O4S. The summed E-state index contributed by atoms with van der Waals surface area (Å²) >= 11 is 0. The van der Waals surface area contributed by atoms with E-state index in [9.17, 15) is 13.2 Å². The molecule has 0 radical (unpaired) electrons. The molecule has 0 saturated carbocycles. The molecule has 1 aromatic heterocycles. The van der Waals surface area contributed by atoms with Crippen LogP contribution in [0.15, 0.2) is 52.2 Å². The van der Waals surface area contributed by atoms with Crippen LogP contribution in [0.2, 0.25) is 0 Å². The summed E-state index contributed by atoms with van der Waals surface area (Å²) in [5.41, 5.74) is 1.69. The summed E-state index contributed by atoms with van der Waals surface area (Å²) in [7, 11) is -2.10. The van der Waals surface area contributed by atoms with Crippen molar-refractivity contribution < 1.29 is 13.2 Å². The van der Waals surface area contributed by atoms with Gasteiger partial charge >= 0.3 is 5.69 Å². The summed E-state index contributed by atoms with van der Waals surface area (Å²) in [6.45, 7) is 0.473. The smallest absolute Gasteiger partial charge is 0.323 e. The van der Waals surface area contributed by atoms with Gasteiger partial charge in [0.05, 0.1) is 29.1 Å². The van der Waals surface area contributed by atoms with E-state index in [0.717, 1.165) is 37.0 Å². The highest BCUT2D eigenvalue weighted by atomic mass is 32.2. The number of sulfonamides is 1. The molecule has 1 aliphatic heterocycles. The zero-order chi connectivity index (χ0) is 19.7. The highest BCUT2D eigenvalue weighted by Crippen LogP contribution is 2.35. The molecule has 0 amide bonds. The van der Waals surface area contributed by atoms with Crippen molar-refractivity contribution in [1.29, 1.82) is 0 Å². The predicted octanol–water partition coefficient (Wildman–Crippen LogP) is 3.17. The Bertz CT molecular complexity index is 1130. The van der Waals surface area contributed by atoms with Gasteiger partial charge in [0.1, 0.15) is 5.75 Å². The van der Waals surface area contributed by atoms with Crippen LogP contribution in [-0.4, -0.2) is 36.3 Å². The number of methoxy groups -OCH3 is 1. The first-order valence-electron chi connectivity index (χ1n) is 9.37. The molecule has 2 aromatic carbocycles. The topological polar surface area (TPSA) is 95.3 Å². The molecule has 0 unspecified atom stereocenters. The number of H-pyrrole nitrogens is 2. The quantitative estimate of drug-likeness (QED) is 0.702. The molecule has 0 spiro atoms. The Labute approximate surface area is 163 Å². The second-order valence-electron chi connectivity index (χ2n) is 7.04. The molecule has 1 atom stereocenters. The summed E-state index contributed by atoms with van der Waals surface area (Å²) in [6.07, 6.45) is 3.58. The molecule has 148 valence electrons. The number of aromatic amines is 2. The third-order valence-electron chi connectivity index (χ3n) is 5.30. The van der Waals surface area contributed by atoms with Crippen LogP contribution in [0.5, 0.6) is 5.75 Å². The van der Waals surface area contributed by atoms with Crippen molar-refractivity contribution in [1.82, 2.24) is 14.3 Å². The number of nitrogens with one attached hydrogen (secondary N) is 2. The minimum absolute atomic E-state index is 0.190. The number of aromatic nitrogens is 2. The maximum atomic E-state index is 13.5. The van der Waals surface area contributed by atoms with Gasteiger partial charge in [-0.25, -0.2) is 13.2 Å². The number of fused-ring (bicyclic) bond motifs is 1. The first-order valence-corrected chi connectivity index (χ1v) is 10.8. The van der Waals surface area contributed by atoms with Crippen LogP contribution >= 0.6 is 0 Å². The first-order chi connectivity index (χ1) is 13.5. The molecule has 1 aliphatic rings. The third-order valence-corrected chi connectivity index (χ3v) is 7.20. The number of rotatable bonds is 4. The Balaban J connectivity index is 1.75. The Morgan fingerprint density at radius 1 is 1.00 bits per heavy atom. The van der Waals surface area contributed by atoms with E-state index in [4.69, 9.17) is 4.74 Å². The van der Waals surface area contributed by atoms with Crippen LogP contribution in [0.3, 0.4) is 0 Å². The summed E-state index contributed by atoms with van der Waals surface area (Å²) in [6, 6.07) is 12.1. The maximum Gasteiger partial charge on any atom is 0.323 e. The van der Waals surface area contributed by atoms with Gasteiger partial charge in [0.15, 0.2) is 0 Å². The number of ether oxygens (including phenoxy) is 1. The van der Waals surface area contributed by atoms with Gasteiger partial charge in [-0.2, -0.15) is 4.31 Å². The number of imidazole rings is 1. The SMILES string of the molecule is COc1ccc([C@H]2CCCCCN2S(=O)(=O)c2ccc3[nH]c(=O)[nH]c3c2)cc1. The minimum atomic E-state index is -3.71. The van der Waals surface area contributed by atoms with Crippen molar-refractivity contribution in [3.63, 3.8) is 0 Å². The summed E-state index contributed by atoms with van der Waals surface area (Å²) in [5, 5.41) is 0. The Kier molecular flexibility index (Phi) is 4.99. The third kappa shape index (κ3) is 3.45. The minimum Gasteiger partial charge on any atom is -0.497 e. The van der Waals surface area contributed by atoms with Crippen molar-refractivity contribution in [2.24, 2.45) is 0 Å². The highest BCUT2D eigenvalue weighted by Gasteiger charge is 2.33. The van der Waals surface area contributed by atoms with Crippen LogP contribution in [-0.2, 0) is 10.0 Å². The van der Waals surface area contributed by atoms with Crippen molar-refractivity contribution in [3.8, 4) is 5.75 Å². The van der Waals surface area contributed by atoms with Crippen molar-refractivity contribution >= 4 is 21.1 Å². The van der Waals surface area contributed by atoms with Gasteiger partial charge in [0.2, 0.25) is 10.0 Å². The molecular weight excluding hydrogens is 378 g/mol. The fourth-order valence-corrected chi connectivity index (χ4v) is 5.55. The molecule has 0 aliphatic carbocycles. The molecule has 1 saturated heterocycles. The summed E-state index contributed by atoms with van der Waals surface area (Å²) < 4.78 is 33.8. The fourth-order valence-electron chi connectivity index (χ4n) is 3.84. The zero-order valence-electron chi connectivity index (χ0n) is 15.6. The monoisotopic (exact) mass is 401 g/mol. The number of hydrogen-bond acceptors (Lipinski definition) is 4. The average molecular weight is 401 g/mol. The van der Waals surface area contributed by atoms with Crippen LogP contribution in [0.4, 0.5) is 0 Å². The van der Waals surface area contributed by atoms with Crippen LogP contribution < -0.4 is 10.4 Å². The van der Waals surface area contributed by atoms with Crippen molar-refractivity contribution in [3.05, 3.63) is 58.5 Å².